The highest BCUT2D eigenvalue weighted by atomic mass is 35.5. The van der Waals surface area contributed by atoms with Crippen LogP contribution in [0.1, 0.15) is 27.7 Å². The molecule has 0 aliphatic rings. The summed E-state index contributed by atoms with van der Waals surface area (Å²) < 4.78 is 10.8. The van der Waals surface area contributed by atoms with E-state index in [2.05, 4.69) is 10.6 Å². The molecule has 0 fully saturated rings. The van der Waals surface area contributed by atoms with Crippen LogP contribution in [-0.4, -0.2) is 34.9 Å². The first-order chi connectivity index (χ1) is 13.5. The number of aliphatic hydroxyl groups excluding tert-OH is 1. The summed E-state index contributed by atoms with van der Waals surface area (Å²) in [5.74, 6) is 0.611. The SMILES string of the molecule is CC(C)(C)OC(=O)N[C@@](C)(CO)C(=O)Nc1ccc(Oc2ccc(Cl)cc2)cc1. The summed E-state index contributed by atoms with van der Waals surface area (Å²) in [6, 6.07) is 13.6. The van der Waals surface area contributed by atoms with Crippen molar-refractivity contribution in [3.05, 3.63) is 53.6 Å². The zero-order valence-corrected chi connectivity index (χ0v) is 17.5. The number of benzene rings is 2. The van der Waals surface area contributed by atoms with Gasteiger partial charge in [0.05, 0.1) is 6.61 Å². The smallest absolute Gasteiger partial charge is 0.408 e. The van der Waals surface area contributed by atoms with Gasteiger partial charge in [0.25, 0.3) is 5.91 Å². The quantitative estimate of drug-likeness (QED) is 0.645. The number of ether oxygens (including phenoxy) is 2. The molecule has 0 spiro atoms. The van der Waals surface area contributed by atoms with Crippen LogP contribution in [0.15, 0.2) is 48.5 Å². The van der Waals surface area contributed by atoms with Gasteiger partial charge in [-0.25, -0.2) is 4.79 Å². The number of anilines is 1. The molecule has 2 aromatic rings. The molecule has 7 nitrogen and oxygen atoms in total. The number of amides is 2. The Hall–Kier alpha value is -2.77. The molecule has 2 rings (SSSR count). The third-order valence-electron chi connectivity index (χ3n) is 3.76. The van der Waals surface area contributed by atoms with Gasteiger partial charge in [-0.15, -0.1) is 0 Å². The summed E-state index contributed by atoms with van der Waals surface area (Å²) in [4.78, 5) is 24.6. The van der Waals surface area contributed by atoms with Gasteiger partial charge in [-0.2, -0.15) is 0 Å². The number of halogens is 1. The summed E-state index contributed by atoms with van der Waals surface area (Å²) in [6.07, 6.45) is -0.795. The van der Waals surface area contributed by atoms with E-state index >= 15 is 0 Å². The normalized spacial score (nSPS) is 13.2. The van der Waals surface area contributed by atoms with E-state index in [9.17, 15) is 14.7 Å². The molecular formula is C21H25ClN2O5. The number of carbonyl (C=O) groups is 2. The minimum Gasteiger partial charge on any atom is -0.457 e. The van der Waals surface area contributed by atoms with E-state index in [4.69, 9.17) is 21.1 Å². The maximum atomic E-state index is 12.6. The van der Waals surface area contributed by atoms with Crippen molar-refractivity contribution in [3.63, 3.8) is 0 Å². The lowest BCUT2D eigenvalue weighted by molar-refractivity contribution is -0.123. The van der Waals surface area contributed by atoms with E-state index < -0.39 is 29.7 Å². The fraction of sp³-hybridized carbons (Fsp3) is 0.333. The number of nitrogens with one attached hydrogen (secondary N) is 2. The minimum absolute atomic E-state index is 0.476. The molecule has 0 unspecified atom stereocenters. The molecule has 0 aromatic heterocycles. The highest BCUT2D eigenvalue weighted by Crippen LogP contribution is 2.24. The third-order valence-corrected chi connectivity index (χ3v) is 4.01. The number of aliphatic hydroxyl groups is 1. The van der Waals surface area contributed by atoms with Gasteiger partial charge < -0.3 is 25.2 Å². The van der Waals surface area contributed by atoms with E-state index in [1.165, 1.54) is 6.92 Å². The summed E-state index contributed by atoms with van der Waals surface area (Å²) in [7, 11) is 0. The molecular weight excluding hydrogens is 396 g/mol. The van der Waals surface area contributed by atoms with E-state index in [1.807, 2.05) is 0 Å². The monoisotopic (exact) mass is 420 g/mol. The molecule has 0 saturated heterocycles. The van der Waals surface area contributed by atoms with Gasteiger partial charge in [0.2, 0.25) is 0 Å². The first kappa shape index (κ1) is 22.5. The van der Waals surface area contributed by atoms with Gasteiger partial charge in [0.1, 0.15) is 22.6 Å². The Labute approximate surface area is 175 Å². The lowest BCUT2D eigenvalue weighted by atomic mass is 10.0. The molecule has 0 aliphatic heterocycles. The number of carbonyl (C=O) groups excluding carboxylic acids is 2. The van der Waals surface area contributed by atoms with Gasteiger partial charge in [-0.3, -0.25) is 4.79 Å². The zero-order chi connectivity index (χ0) is 21.7. The average Bonchev–Trinajstić information content (AvgIpc) is 2.63. The van der Waals surface area contributed by atoms with Crippen molar-refractivity contribution in [2.75, 3.05) is 11.9 Å². The largest absolute Gasteiger partial charge is 0.457 e. The zero-order valence-electron chi connectivity index (χ0n) is 16.8. The standard InChI is InChI=1S/C21H25ClN2O5/c1-20(2,3)29-19(27)24-21(4,13-25)18(26)23-15-7-11-17(12-8-15)28-16-9-5-14(22)6-10-16/h5-12,25H,13H2,1-4H3,(H,23,26)(H,24,27)/t21-/m0/s1. The molecule has 2 aromatic carbocycles. The molecule has 0 heterocycles. The van der Waals surface area contributed by atoms with Crippen molar-refractivity contribution in [1.29, 1.82) is 0 Å². The van der Waals surface area contributed by atoms with Crippen LogP contribution in [-0.2, 0) is 9.53 Å². The highest BCUT2D eigenvalue weighted by Gasteiger charge is 2.36. The van der Waals surface area contributed by atoms with Gasteiger partial charge >= 0.3 is 6.09 Å². The third kappa shape index (κ3) is 6.96. The van der Waals surface area contributed by atoms with Crippen molar-refractivity contribution in [1.82, 2.24) is 5.32 Å². The Kier molecular flexibility index (Phi) is 7.11. The summed E-state index contributed by atoms with van der Waals surface area (Å²) >= 11 is 5.85. The molecule has 0 bridgehead atoms. The maximum Gasteiger partial charge on any atom is 0.408 e. The van der Waals surface area contributed by atoms with Crippen molar-refractivity contribution in [2.24, 2.45) is 0 Å². The van der Waals surface area contributed by atoms with Crippen LogP contribution in [0.5, 0.6) is 11.5 Å². The van der Waals surface area contributed by atoms with Crippen LogP contribution in [0.3, 0.4) is 0 Å². The molecule has 0 radical (unpaired) electrons. The lowest BCUT2D eigenvalue weighted by Crippen LogP contribution is -2.58. The van der Waals surface area contributed by atoms with E-state index in [1.54, 1.807) is 69.3 Å². The molecule has 1 atom stereocenters. The van der Waals surface area contributed by atoms with Crippen molar-refractivity contribution in [3.8, 4) is 11.5 Å². The van der Waals surface area contributed by atoms with Crippen molar-refractivity contribution in [2.45, 2.75) is 38.8 Å². The molecule has 3 N–H and O–H groups in total. The lowest BCUT2D eigenvalue weighted by Gasteiger charge is -2.29. The molecule has 156 valence electrons. The van der Waals surface area contributed by atoms with Crippen molar-refractivity contribution < 1.29 is 24.2 Å². The van der Waals surface area contributed by atoms with E-state index in [0.29, 0.717) is 22.2 Å². The molecule has 29 heavy (non-hydrogen) atoms. The Morgan fingerprint density at radius 2 is 1.48 bits per heavy atom. The predicted octanol–water partition coefficient (Wildman–Crippen LogP) is 4.35. The van der Waals surface area contributed by atoms with Crippen LogP contribution >= 0.6 is 11.6 Å². The fourth-order valence-corrected chi connectivity index (χ4v) is 2.34. The molecule has 8 heteroatoms. The Morgan fingerprint density at radius 1 is 0.966 bits per heavy atom. The van der Waals surface area contributed by atoms with Gasteiger partial charge in [0, 0.05) is 10.7 Å². The van der Waals surface area contributed by atoms with Crippen LogP contribution in [0.2, 0.25) is 5.02 Å². The average molecular weight is 421 g/mol. The number of hydrogen-bond acceptors (Lipinski definition) is 5. The predicted molar refractivity (Wildman–Crippen MR) is 111 cm³/mol. The van der Waals surface area contributed by atoms with Gasteiger partial charge in [0.15, 0.2) is 0 Å². The number of rotatable bonds is 6. The second-order valence-electron chi connectivity index (χ2n) is 7.65. The van der Waals surface area contributed by atoms with Crippen LogP contribution in [0, 0.1) is 0 Å². The van der Waals surface area contributed by atoms with Gasteiger partial charge in [-0.1, -0.05) is 11.6 Å². The number of hydrogen-bond donors (Lipinski definition) is 3. The van der Waals surface area contributed by atoms with Crippen LogP contribution < -0.4 is 15.4 Å². The Balaban J connectivity index is 2.00. The molecule has 2 amide bonds. The Morgan fingerprint density at radius 3 is 1.97 bits per heavy atom. The second kappa shape index (κ2) is 9.15. The van der Waals surface area contributed by atoms with E-state index in [-0.39, 0.29) is 0 Å². The first-order valence-corrected chi connectivity index (χ1v) is 9.35. The van der Waals surface area contributed by atoms with Crippen molar-refractivity contribution >= 4 is 29.3 Å². The van der Waals surface area contributed by atoms with E-state index in [0.717, 1.165) is 0 Å². The first-order valence-electron chi connectivity index (χ1n) is 8.98. The summed E-state index contributed by atoms with van der Waals surface area (Å²) in [6.45, 7) is 5.92. The van der Waals surface area contributed by atoms with Crippen LogP contribution in [0.25, 0.3) is 0 Å². The molecule has 0 saturated carbocycles. The van der Waals surface area contributed by atoms with Crippen LogP contribution in [0.4, 0.5) is 10.5 Å². The van der Waals surface area contributed by atoms with Gasteiger partial charge in [-0.05, 0) is 76.2 Å². The fourth-order valence-electron chi connectivity index (χ4n) is 2.21. The number of alkyl carbamates (subject to hydrolysis) is 1. The second-order valence-corrected chi connectivity index (χ2v) is 8.09. The minimum atomic E-state index is -1.55. The Bertz CT molecular complexity index is 847. The topological polar surface area (TPSA) is 96.9 Å². The maximum absolute atomic E-state index is 12.6. The summed E-state index contributed by atoms with van der Waals surface area (Å²) in [5, 5.41) is 15.3. The molecule has 0 aliphatic carbocycles. The highest BCUT2D eigenvalue weighted by molar-refractivity contribution is 6.30. The summed E-state index contributed by atoms with van der Waals surface area (Å²) in [5.41, 5.74) is -1.80.